The van der Waals surface area contributed by atoms with Crippen LogP contribution in [0.4, 0.5) is 0 Å². The van der Waals surface area contributed by atoms with E-state index in [1.54, 1.807) is 0 Å². The van der Waals surface area contributed by atoms with E-state index in [4.69, 9.17) is 5.29 Å². The maximum atomic E-state index is 10.8. The van der Waals surface area contributed by atoms with Crippen molar-refractivity contribution in [2.24, 2.45) is 0 Å². The summed E-state index contributed by atoms with van der Waals surface area (Å²) in [5.74, 6) is -0.418. The first kappa shape index (κ1) is 15.9. The van der Waals surface area contributed by atoms with Crippen molar-refractivity contribution in [3.05, 3.63) is 17.7 Å². The van der Waals surface area contributed by atoms with Crippen molar-refractivity contribution in [2.45, 2.75) is 20.8 Å². The third-order valence-electron chi connectivity index (χ3n) is 2.27. The standard InChI is InChI=1S/C7H6O.2C2H4O2.2Hg/c1-6-2-4-7(8)5-3-6;2*1-2(3)4;;/h2-3,8H,1H3;2*1H3,(H,3,4);;/q;;;2*+1/p-2. The van der Waals surface area contributed by atoms with Gasteiger partial charge in [-0.2, -0.15) is 0 Å². The molecular formula is C11H12Hg2O5. The van der Waals surface area contributed by atoms with Gasteiger partial charge in [0.1, 0.15) is 0 Å². The van der Waals surface area contributed by atoms with E-state index < -0.39 is 50.1 Å². The number of aromatic hydroxyl groups is 1. The minimum atomic E-state index is -2.05. The molecule has 1 aromatic carbocycles. The monoisotopic (exact) mass is 628 g/mol. The van der Waals surface area contributed by atoms with Gasteiger partial charge in [-0.1, -0.05) is 0 Å². The first-order valence-electron chi connectivity index (χ1n) is 5.48. The van der Waals surface area contributed by atoms with Gasteiger partial charge in [0.2, 0.25) is 0 Å². The zero-order valence-electron chi connectivity index (χ0n) is 10.6. The van der Waals surface area contributed by atoms with Crippen LogP contribution >= 0.6 is 0 Å². The molecule has 0 heterocycles. The predicted molar refractivity (Wildman–Crippen MR) is 55.6 cm³/mol. The van der Waals surface area contributed by atoms with Crippen molar-refractivity contribution < 1.29 is 70.0 Å². The molecule has 90 valence electrons. The Balaban J connectivity index is 2.90. The third kappa shape index (κ3) is 5.22. The molecule has 1 aromatic rings. The summed E-state index contributed by atoms with van der Waals surface area (Å²) in [6, 6.07) is 3.70. The van der Waals surface area contributed by atoms with Gasteiger partial charge in [0.05, 0.1) is 0 Å². The molecule has 7 heteroatoms. The number of aryl methyl sites for hydroxylation is 1. The summed E-state index contributed by atoms with van der Waals surface area (Å²) in [4.78, 5) is 21.6. The summed E-state index contributed by atoms with van der Waals surface area (Å²) >= 11 is -4.11. The van der Waals surface area contributed by atoms with Crippen LogP contribution in [0.3, 0.4) is 0 Å². The molecular weight excluding hydrogens is 613 g/mol. The second-order valence-corrected chi connectivity index (χ2v) is 14.4. The number of hydrogen-bond acceptors (Lipinski definition) is 5. The number of phenolic OH excluding ortho intramolecular Hbond substituents is 1. The summed E-state index contributed by atoms with van der Waals surface area (Å²) in [5.41, 5.74) is 0.997. The Labute approximate surface area is 131 Å². The van der Waals surface area contributed by atoms with Gasteiger partial charge in [0, 0.05) is 0 Å². The van der Waals surface area contributed by atoms with E-state index in [0.29, 0.717) is 0 Å². The molecule has 5 nitrogen and oxygen atoms in total. The number of benzene rings is 1. The van der Waals surface area contributed by atoms with Crippen LogP contribution in [0.25, 0.3) is 0 Å². The fourth-order valence-electron chi connectivity index (χ4n) is 1.51. The predicted octanol–water partition coefficient (Wildman–Crippen LogP) is 0.0724. The van der Waals surface area contributed by atoms with Crippen molar-refractivity contribution in [1.82, 2.24) is 0 Å². The van der Waals surface area contributed by atoms with Crippen molar-refractivity contribution in [3.8, 4) is 5.75 Å². The molecule has 1 N–H and O–H groups in total. The zero-order chi connectivity index (χ0) is 13.7. The third-order valence-corrected chi connectivity index (χ3v) is 13.2. The molecule has 0 aromatic heterocycles. The van der Waals surface area contributed by atoms with E-state index in [-0.39, 0.29) is 17.7 Å². The molecule has 0 saturated carbocycles. The number of carbonyl (C=O) groups is 2. The average Bonchev–Trinajstić information content (AvgIpc) is 2.27. The van der Waals surface area contributed by atoms with Crippen LogP contribution in [0.2, 0.25) is 0 Å². The van der Waals surface area contributed by atoms with E-state index in [1.165, 1.54) is 13.8 Å². The molecule has 0 spiro atoms. The first-order valence-corrected chi connectivity index (χ1v) is 15.5. The molecule has 1 rings (SSSR count). The molecule has 0 aliphatic carbocycles. The molecule has 0 unspecified atom stereocenters. The SMILES string of the molecule is CC(=O)[O][Hg][c]1cc(C)c[c]([Hg][O]C(C)=O)c1O. The Morgan fingerprint density at radius 1 is 1.06 bits per heavy atom. The molecule has 0 saturated heterocycles. The average molecular weight is 625 g/mol. The second kappa shape index (κ2) is 7.43. The molecule has 0 atom stereocenters. The summed E-state index contributed by atoms with van der Waals surface area (Å²) in [6.07, 6.45) is 0. The topological polar surface area (TPSA) is 72.8 Å². The van der Waals surface area contributed by atoms with Crippen molar-refractivity contribution in [2.75, 3.05) is 0 Å². The van der Waals surface area contributed by atoms with Crippen LogP contribution < -0.4 is 6.14 Å². The summed E-state index contributed by atoms with van der Waals surface area (Å²) in [6.45, 7) is 4.65. The fourth-order valence-corrected chi connectivity index (χ4v) is 14.1. The van der Waals surface area contributed by atoms with Gasteiger partial charge >= 0.3 is 132 Å². The quantitative estimate of drug-likeness (QED) is 0.481. The van der Waals surface area contributed by atoms with Gasteiger partial charge in [0.25, 0.3) is 0 Å². The van der Waals surface area contributed by atoms with Gasteiger partial charge in [0.15, 0.2) is 0 Å². The van der Waals surface area contributed by atoms with E-state index in [1.807, 2.05) is 19.1 Å². The van der Waals surface area contributed by atoms with Crippen molar-refractivity contribution in [1.29, 1.82) is 0 Å². The van der Waals surface area contributed by atoms with E-state index in [9.17, 15) is 14.7 Å². The Hall–Kier alpha value is -0.170. The normalized spacial score (nSPS) is 9.06. The van der Waals surface area contributed by atoms with Crippen molar-refractivity contribution in [3.63, 3.8) is 0 Å². The first-order chi connectivity index (χ1) is 8.40. The fraction of sp³-hybridized carbons (Fsp3) is 0.273. The number of rotatable bonds is 4. The molecule has 0 amide bonds. The van der Waals surface area contributed by atoms with E-state index >= 15 is 0 Å². The van der Waals surface area contributed by atoms with Gasteiger partial charge in [-0.15, -0.1) is 0 Å². The summed E-state index contributed by atoms with van der Waals surface area (Å²) in [5, 5.41) is 10.1. The molecule has 0 radical (unpaired) electrons. The minimum absolute atomic E-state index is 0.187. The van der Waals surface area contributed by atoms with Gasteiger partial charge in [-0.3, -0.25) is 0 Å². The van der Waals surface area contributed by atoms with Crippen molar-refractivity contribution >= 4 is 18.1 Å². The van der Waals surface area contributed by atoms with Gasteiger partial charge in [-0.05, 0) is 0 Å². The molecule has 18 heavy (non-hydrogen) atoms. The Kier molecular flexibility index (Phi) is 6.55. The van der Waals surface area contributed by atoms with Crippen LogP contribution in [-0.4, -0.2) is 17.0 Å². The maximum absolute atomic E-state index is 10.8. The van der Waals surface area contributed by atoms with Gasteiger partial charge < -0.3 is 0 Å². The molecule has 0 aliphatic rings. The summed E-state index contributed by atoms with van der Waals surface area (Å²) in [7, 11) is 0. The van der Waals surface area contributed by atoms with Crippen LogP contribution in [0.1, 0.15) is 19.4 Å². The Bertz CT molecular complexity index is 433. The Morgan fingerprint density at radius 3 is 1.78 bits per heavy atom. The van der Waals surface area contributed by atoms with E-state index in [2.05, 4.69) is 0 Å². The van der Waals surface area contributed by atoms with Crippen LogP contribution in [0.15, 0.2) is 12.1 Å². The number of phenols is 1. The van der Waals surface area contributed by atoms with Crippen LogP contribution in [-0.2, 0) is 64.9 Å². The van der Waals surface area contributed by atoms with Crippen LogP contribution in [0, 0.1) is 6.92 Å². The van der Waals surface area contributed by atoms with Gasteiger partial charge in [-0.25, -0.2) is 0 Å². The molecule has 0 aliphatic heterocycles. The Morgan fingerprint density at radius 2 is 1.44 bits per heavy atom. The summed E-state index contributed by atoms with van der Waals surface area (Å²) < 4.78 is 11.7. The van der Waals surface area contributed by atoms with Crippen LogP contribution in [0.5, 0.6) is 5.75 Å². The number of hydrogen-bond donors (Lipinski definition) is 1. The zero-order valence-corrected chi connectivity index (χ0v) is 21.6. The molecule has 0 bridgehead atoms. The molecule has 0 fully saturated rings. The van der Waals surface area contributed by atoms with E-state index in [0.717, 1.165) is 11.7 Å². The second-order valence-electron chi connectivity index (χ2n) is 3.99. The number of carbonyl (C=O) groups excluding carboxylic acids is 2.